The van der Waals surface area contributed by atoms with Gasteiger partial charge in [0.15, 0.2) is 5.65 Å². The molecule has 10 nitrogen and oxygen atoms in total. The molecule has 0 aliphatic heterocycles. The highest BCUT2D eigenvalue weighted by Gasteiger charge is 2.01. The van der Waals surface area contributed by atoms with Gasteiger partial charge in [-0.3, -0.25) is 14.9 Å². The third-order valence-electron chi connectivity index (χ3n) is 3.61. The summed E-state index contributed by atoms with van der Waals surface area (Å²) in [6.07, 6.45) is 9.91. The zero-order valence-electron chi connectivity index (χ0n) is 15.9. The molecule has 0 spiro atoms. The summed E-state index contributed by atoms with van der Waals surface area (Å²) in [6, 6.07) is 2.06. The van der Waals surface area contributed by atoms with E-state index >= 15 is 0 Å². The van der Waals surface area contributed by atoms with Crippen LogP contribution in [0.3, 0.4) is 0 Å². The van der Waals surface area contributed by atoms with Gasteiger partial charge in [-0.2, -0.15) is 22.1 Å². The van der Waals surface area contributed by atoms with E-state index in [4.69, 9.17) is 11.7 Å². The first-order valence-electron chi connectivity index (χ1n) is 8.66. The molecule has 0 aromatic carbocycles. The van der Waals surface area contributed by atoms with Crippen molar-refractivity contribution in [1.82, 2.24) is 35.5 Å². The highest BCUT2D eigenvalue weighted by Crippen LogP contribution is 2.12. The fourth-order valence-corrected chi connectivity index (χ4v) is 2.98. The fourth-order valence-electron chi connectivity index (χ4n) is 2.13. The fraction of sp³-hybridized carbons (Fsp3) is 0.333. The van der Waals surface area contributed by atoms with Gasteiger partial charge < -0.3 is 15.3 Å². The van der Waals surface area contributed by atoms with Gasteiger partial charge in [0, 0.05) is 17.2 Å². The number of rotatable bonds is 7. The van der Waals surface area contributed by atoms with Gasteiger partial charge in [-0.25, -0.2) is 9.97 Å². The summed E-state index contributed by atoms with van der Waals surface area (Å²) >= 11 is 1.77. The van der Waals surface area contributed by atoms with E-state index in [0.717, 1.165) is 22.9 Å². The van der Waals surface area contributed by atoms with E-state index in [0.29, 0.717) is 30.0 Å². The maximum Gasteiger partial charge on any atom is 0.261 e. The average molecular weight is 411 g/mol. The summed E-state index contributed by atoms with van der Waals surface area (Å²) in [5, 5.41) is 18.3. The topological polar surface area (TPSA) is 151 Å². The van der Waals surface area contributed by atoms with Crippen molar-refractivity contribution in [1.29, 1.82) is 5.26 Å². The number of aliphatic imine (C=N–C) groups is 1. The standard InChI is InChI=1S/C13H17N5S.C5H4N4O/c1-3-6-15-13(4-5-14)16-7-8-19-9-12-11(2)17-10-18-12;10-5-3-1-8-9-4(3)6-2-7-5/h1,10H,4,6-9H2,2H3,(H,15,16)(H,17,18);1-2H,(H2,6,7,8,9,10). The Kier molecular flexibility index (Phi) is 8.99. The second kappa shape index (κ2) is 12.0. The molecule has 3 aromatic rings. The lowest BCUT2D eigenvalue weighted by atomic mass is 10.4. The number of imidazole rings is 1. The van der Waals surface area contributed by atoms with E-state index in [-0.39, 0.29) is 12.0 Å². The second-order valence-corrected chi connectivity index (χ2v) is 6.72. The molecule has 0 radical (unpaired) electrons. The number of fused-ring (bicyclic) bond motifs is 1. The van der Waals surface area contributed by atoms with Gasteiger partial charge in [-0.15, -0.1) is 6.42 Å². The Bertz CT molecular complexity index is 1070. The molecule has 0 saturated heterocycles. The number of hydrogen-bond acceptors (Lipinski definition) is 7. The van der Waals surface area contributed by atoms with E-state index in [1.807, 2.05) is 6.92 Å². The van der Waals surface area contributed by atoms with Crippen LogP contribution in [0.2, 0.25) is 0 Å². The van der Waals surface area contributed by atoms with Gasteiger partial charge >= 0.3 is 0 Å². The Labute approximate surface area is 171 Å². The van der Waals surface area contributed by atoms with Gasteiger partial charge in [0.05, 0.1) is 50.1 Å². The highest BCUT2D eigenvalue weighted by atomic mass is 32.2. The number of amidine groups is 1. The Hall–Kier alpha value is -3.57. The van der Waals surface area contributed by atoms with Gasteiger partial charge in [0.1, 0.15) is 11.2 Å². The van der Waals surface area contributed by atoms with E-state index < -0.39 is 0 Å². The minimum absolute atomic E-state index is 0.168. The number of aromatic nitrogens is 6. The Morgan fingerprint density at radius 2 is 2.21 bits per heavy atom. The molecular weight excluding hydrogens is 390 g/mol. The SMILES string of the molecule is C#CCNC(CC#N)=NCCSCc1nc[nH]c1C.O=c1[nH]cnc2[nH]ncc12. The Morgan fingerprint density at radius 1 is 1.38 bits per heavy atom. The molecule has 11 heteroatoms. The number of nitrogens with zero attached hydrogens (tertiary/aromatic N) is 5. The number of aryl methyl sites for hydroxylation is 1. The minimum Gasteiger partial charge on any atom is -0.362 e. The predicted molar refractivity (Wildman–Crippen MR) is 113 cm³/mol. The number of thioether (sulfide) groups is 1. The molecule has 0 aliphatic carbocycles. The quantitative estimate of drug-likeness (QED) is 0.197. The Balaban J connectivity index is 0.000000248. The lowest BCUT2D eigenvalue weighted by molar-refractivity contribution is 0.997. The van der Waals surface area contributed by atoms with Crippen molar-refractivity contribution in [2.24, 2.45) is 4.99 Å². The molecule has 29 heavy (non-hydrogen) atoms. The number of nitrogens with one attached hydrogen (secondary N) is 4. The lowest BCUT2D eigenvalue weighted by Gasteiger charge is -2.03. The molecule has 3 aromatic heterocycles. The van der Waals surface area contributed by atoms with Crippen molar-refractivity contribution in [3.8, 4) is 18.4 Å². The molecule has 3 rings (SSSR count). The first kappa shape index (κ1) is 21.7. The van der Waals surface area contributed by atoms with Crippen LogP contribution in [0.25, 0.3) is 11.0 Å². The average Bonchev–Trinajstić information content (AvgIpc) is 3.36. The summed E-state index contributed by atoms with van der Waals surface area (Å²) < 4.78 is 0. The third kappa shape index (κ3) is 7.16. The summed E-state index contributed by atoms with van der Waals surface area (Å²) in [6.45, 7) is 3.08. The maximum atomic E-state index is 10.9. The normalized spacial score (nSPS) is 10.7. The van der Waals surface area contributed by atoms with Crippen LogP contribution in [0.5, 0.6) is 0 Å². The number of hydrogen-bond donors (Lipinski definition) is 4. The van der Waals surface area contributed by atoms with E-state index in [1.165, 1.54) is 12.5 Å². The van der Waals surface area contributed by atoms with Crippen LogP contribution in [0.1, 0.15) is 17.8 Å². The molecule has 0 atom stereocenters. The smallest absolute Gasteiger partial charge is 0.261 e. The zero-order valence-corrected chi connectivity index (χ0v) is 16.7. The first-order chi connectivity index (χ1) is 14.2. The van der Waals surface area contributed by atoms with Crippen molar-refractivity contribution >= 4 is 28.6 Å². The van der Waals surface area contributed by atoms with E-state index in [2.05, 4.69) is 52.4 Å². The highest BCUT2D eigenvalue weighted by molar-refractivity contribution is 7.98. The van der Waals surface area contributed by atoms with Crippen LogP contribution in [-0.4, -0.2) is 54.8 Å². The van der Waals surface area contributed by atoms with Crippen LogP contribution in [0, 0.1) is 30.6 Å². The van der Waals surface area contributed by atoms with Gasteiger partial charge in [-0.05, 0) is 6.92 Å². The van der Waals surface area contributed by atoms with Crippen LogP contribution < -0.4 is 10.9 Å². The molecule has 0 fully saturated rings. The molecule has 150 valence electrons. The number of aromatic amines is 3. The van der Waals surface area contributed by atoms with Gasteiger partial charge in [0.25, 0.3) is 5.56 Å². The lowest BCUT2D eigenvalue weighted by Crippen LogP contribution is -2.23. The summed E-state index contributed by atoms with van der Waals surface area (Å²) in [7, 11) is 0. The predicted octanol–water partition coefficient (Wildman–Crippen LogP) is 1.13. The third-order valence-corrected chi connectivity index (χ3v) is 4.55. The van der Waals surface area contributed by atoms with Crippen LogP contribution in [0.15, 0.2) is 28.6 Å². The molecule has 0 bridgehead atoms. The Morgan fingerprint density at radius 3 is 2.90 bits per heavy atom. The van der Waals surface area contributed by atoms with Crippen molar-refractivity contribution in [3.05, 3.63) is 40.6 Å². The van der Waals surface area contributed by atoms with Crippen molar-refractivity contribution in [2.75, 3.05) is 18.8 Å². The number of nitriles is 1. The molecule has 0 amide bonds. The summed E-state index contributed by atoms with van der Waals surface area (Å²) in [5.41, 5.74) is 2.54. The van der Waals surface area contributed by atoms with E-state index in [9.17, 15) is 4.79 Å². The monoisotopic (exact) mass is 411 g/mol. The molecule has 0 saturated carbocycles. The number of H-pyrrole nitrogens is 3. The zero-order chi connectivity index (χ0) is 20.9. The van der Waals surface area contributed by atoms with E-state index in [1.54, 1.807) is 18.1 Å². The molecular formula is C18H21N9OS. The molecule has 3 heterocycles. The van der Waals surface area contributed by atoms with Gasteiger partial charge in [-0.1, -0.05) is 5.92 Å². The molecule has 0 aliphatic rings. The maximum absolute atomic E-state index is 10.9. The second-order valence-electron chi connectivity index (χ2n) is 5.61. The molecule has 0 unspecified atom stereocenters. The van der Waals surface area contributed by atoms with Crippen molar-refractivity contribution in [2.45, 2.75) is 19.1 Å². The first-order valence-corrected chi connectivity index (χ1v) is 9.82. The largest absolute Gasteiger partial charge is 0.362 e. The van der Waals surface area contributed by atoms with Crippen LogP contribution in [0.4, 0.5) is 0 Å². The van der Waals surface area contributed by atoms with Crippen LogP contribution in [-0.2, 0) is 5.75 Å². The van der Waals surface area contributed by atoms with Crippen molar-refractivity contribution in [3.63, 3.8) is 0 Å². The summed E-state index contributed by atoms with van der Waals surface area (Å²) in [5.74, 6) is 4.89. The van der Waals surface area contributed by atoms with Crippen molar-refractivity contribution < 1.29 is 0 Å². The van der Waals surface area contributed by atoms with Crippen LogP contribution >= 0.6 is 11.8 Å². The molecule has 4 N–H and O–H groups in total. The minimum atomic E-state index is -0.168. The van der Waals surface area contributed by atoms with Gasteiger partial charge in [0.2, 0.25) is 0 Å². The number of terminal acetylenes is 1. The summed E-state index contributed by atoms with van der Waals surface area (Å²) in [4.78, 5) is 28.8.